The lowest BCUT2D eigenvalue weighted by Gasteiger charge is -2.11. The molecule has 1 rings (SSSR count). The summed E-state index contributed by atoms with van der Waals surface area (Å²) >= 11 is 0. The first kappa shape index (κ1) is 15.7. The highest BCUT2D eigenvalue weighted by Gasteiger charge is 2.10. The molecule has 0 saturated heterocycles. The van der Waals surface area contributed by atoms with Crippen molar-refractivity contribution in [2.75, 3.05) is 6.54 Å². The highest BCUT2D eigenvalue weighted by molar-refractivity contribution is 5.96. The van der Waals surface area contributed by atoms with Gasteiger partial charge in [-0.3, -0.25) is 4.79 Å². The van der Waals surface area contributed by atoms with Crippen molar-refractivity contribution in [3.63, 3.8) is 0 Å². The lowest BCUT2D eigenvalue weighted by atomic mass is 9.97. The molecule has 1 atom stereocenters. The van der Waals surface area contributed by atoms with Crippen LogP contribution in [0.25, 0.3) is 0 Å². The first-order valence-electron chi connectivity index (χ1n) is 7.03. The SMILES string of the molecule is CC(CCN)CCC(=O)c1cccc(OC(C)C)c1. The first-order valence-corrected chi connectivity index (χ1v) is 7.03. The number of Topliss-reactive ketones (excluding diaryl/α,β-unsaturated/α-hetero) is 1. The molecular formula is C16H25NO2. The number of rotatable bonds is 8. The Labute approximate surface area is 116 Å². The topological polar surface area (TPSA) is 52.3 Å². The molecule has 1 unspecified atom stereocenters. The van der Waals surface area contributed by atoms with E-state index in [2.05, 4.69) is 6.92 Å². The normalized spacial score (nSPS) is 12.5. The predicted octanol–water partition coefficient (Wildman–Crippen LogP) is 3.42. The van der Waals surface area contributed by atoms with Crippen LogP contribution >= 0.6 is 0 Å². The number of ether oxygens (including phenoxy) is 1. The van der Waals surface area contributed by atoms with Crippen LogP contribution in [0.3, 0.4) is 0 Å². The van der Waals surface area contributed by atoms with E-state index in [-0.39, 0.29) is 11.9 Å². The summed E-state index contributed by atoms with van der Waals surface area (Å²) < 4.78 is 5.60. The van der Waals surface area contributed by atoms with Crippen LogP contribution in [-0.4, -0.2) is 18.4 Å². The van der Waals surface area contributed by atoms with Gasteiger partial charge in [0.2, 0.25) is 0 Å². The highest BCUT2D eigenvalue weighted by Crippen LogP contribution is 2.18. The third kappa shape index (κ3) is 5.88. The number of hydrogen-bond donors (Lipinski definition) is 1. The van der Waals surface area contributed by atoms with Crippen LogP contribution in [0.1, 0.15) is 50.4 Å². The third-order valence-electron chi connectivity index (χ3n) is 3.05. The van der Waals surface area contributed by atoms with Crippen LogP contribution in [0.4, 0.5) is 0 Å². The predicted molar refractivity (Wildman–Crippen MR) is 78.6 cm³/mol. The number of carbonyl (C=O) groups is 1. The lowest BCUT2D eigenvalue weighted by Crippen LogP contribution is -2.09. The maximum Gasteiger partial charge on any atom is 0.163 e. The molecule has 0 heterocycles. The molecule has 1 aromatic rings. The maximum atomic E-state index is 12.1. The van der Waals surface area contributed by atoms with E-state index in [9.17, 15) is 4.79 Å². The number of nitrogens with two attached hydrogens (primary N) is 1. The summed E-state index contributed by atoms with van der Waals surface area (Å²) in [4.78, 5) is 12.1. The van der Waals surface area contributed by atoms with Crippen LogP contribution < -0.4 is 10.5 Å². The summed E-state index contributed by atoms with van der Waals surface area (Å²) in [5, 5.41) is 0. The van der Waals surface area contributed by atoms with E-state index in [4.69, 9.17) is 10.5 Å². The molecule has 19 heavy (non-hydrogen) atoms. The molecule has 0 radical (unpaired) electrons. The zero-order chi connectivity index (χ0) is 14.3. The van der Waals surface area contributed by atoms with E-state index in [1.165, 1.54) is 0 Å². The molecule has 0 aliphatic heterocycles. The van der Waals surface area contributed by atoms with Crippen LogP contribution in [0.2, 0.25) is 0 Å². The van der Waals surface area contributed by atoms with Gasteiger partial charge >= 0.3 is 0 Å². The Hall–Kier alpha value is -1.35. The van der Waals surface area contributed by atoms with Gasteiger partial charge in [-0.1, -0.05) is 19.1 Å². The van der Waals surface area contributed by atoms with Crippen molar-refractivity contribution in [2.24, 2.45) is 11.7 Å². The first-order chi connectivity index (χ1) is 9.02. The van der Waals surface area contributed by atoms with Gasteiger partial charge in [-0.05, 0) is 51.3 Å². The molecule has 0 aromatic heterocycles. The molecule has 0 aliphatic carbocycles. The zero-order valence-electron chi connectivity index (χ0n) is 12.2. The average Bonchev–Trinajstić information content (AvgIpc) is 2.36. The van der Waals surface area contributed by atoms with E-state index in [1.807, 2.05) is 38.1 Å². The molecule has 0 amide bonds. The molecule has 1 aromatic carbocycles. The fourth-order valence-electron chi connectivity index (χ4n) is 1.97. The van der Waals surface area contributed by atoms with Gasteiger partial charge in [-0.15, -0.1) is 0 Å². The molecule has 0 fully saturated rings. The summed E-state index contributed by atoms with van der Waals surface area (Å²) in [6.45, 7) is 6.78. The van der Waals surface area contributed by atoms with Gasteiger partial charge in [-0.2, -0.15) is 0 Å². The summed E-state index contributed by atoms with van der Waals surface area (Å²) in [6.07, 6.45) is 2.57. The molecule has 2 N–H and O–H groups in total. The molecule has 0 bridgehead atoms. The van der Waals surface area contributed by atoms with E-state index < -0.39 is 0 Å². The van der Waals surface area contributed by atoms with Crippen molar-refractivity contribution in [3.8, 4) is 5.75 Å². The molecular weight excluding hydrogens is 238 g/mol. The second kappa shape index (κ2) is 7.95. The van der Waals surface area contributed by atoms with Crippen molar-refractivity contribution in [2.45, 2.75) is 46.1 Å². The Balaban J connectivity index is 2.56. The quantitative estimate of drug-likeness (QED) is 0.731. The van der Waals surface area contributed by atoms with Gasteiger partial charge in [-0.25, -0.2) is 0 Å². The fraction of sp³-hybridized carbons (Fsp3) is 0.562. The standard InChI is InChI=1S/C16H25NO2/c1-12(2)19-15-6-4-5-14(11-15)16(18)8-7-13(3)9-10-17/h4-6,11-13H,7-10,17H2,1-3H3. The Kier molecular flexibility index (Phi) is 6.57. The summed E-state index contributed by atoms with van der Waals surface area (Å²) in [5.74, 6) is 1.44. The van der Waals surface area contributed by atoms with Crippen molar-refractivity contribution >= 4 is 5.78 Å². The van der Waals surface area contributed by atoms with Crippen LogP contribution in [0, 0.1) is 5.92 Å². The Morgan fingerprint density at radius 2 is 2.00 bits per heavy atom. The highest BCUT2D eigenvalue weighted by atomic mass is 16.5. The van der Waals surface area contributed by atoms with Crippen LogP contribution in [-0.2, 0) is 0 Å². The number of carbonyl (C=O) groups excluding carboxylic acids is 1. The number of benzene rings is 1. The average molecular weight is 263 g/mol. The summed E-state index contributed by atoms with van der Waals surface area (Å²) in [7, 11) is 0. The smallest absolute Gasteiger partial charge is 0.163 e. The largest absolute Gasteiger partial charge is 0.491 e. The Morgan fingerprint density at radius 1 is 1.26 bits per heavy atom. The number of ketones is 1. The fourth-order valence-corrected chi connectivity index (χ4v) is 1.97. The minimum Gasteiger partial charge on any atom is -0.491 e. The molecule has 106 valence electrons. The van der Waals surface area contributed by atoms with Gasteiger partial charge < -0.3 is 10.5 Å². The van der Waals surface area contributed by atoms with Gasteiger partial charge in [0.25, 0.3) is 0 Å². The molecule has 0 spiro atoms. The van der Waals surface area contributed by atoms with E-state index >= 15 is 0 Å². The second-order valence-corrected chi connectivity index (χ2v) is 5.34. The van der Waals surface area contributed by atoms with Gasteiger partial charge in [0.05, 0.1) is 6.10 Å². The minimum atomic E-state index is 0.120. The van der Waals surface area contributed by atoms with Gasteiger partial charge in [0.1, 0.15) is 5.75 Å². The Bertz CT molecular complexity index is 401. The maximum absolute atomic E-state index is 12.1. The van der Waals surface area contributed by atoms with Crippen LogP contribution in [0.5, 0.6) is 5.75 Å². The number of hydrogen-bond acceptors (Lipinski definition) is 3. The Morgan fingerprint density at radius 3 is 2.63 bits per heavy atom. The molecule has 0 aliphatic rings. The van der Waals surface area contributed by atoms with Gasteiger partial charge in [0, 0.05) is 12.0 Å². The van der Waals surface area contributed by atoms with E-state index in [1.54, 1.807) is 0 Å². The third-order valence-corrected chi connectivity index (χ3v) is 3.05. The zero-order valence-corrected chi connectivity index (χ0v) is 12.2. The van der Waals surface area contributed by atoms with E-state index in [0.29, 0.717) is 18.9 Å². The van der Waals surface area contributed by atoms with Gasteiger partial charge in [0.15, 0.2) is 5.78 Å². The van der Waals surface area contributed by atoms with Crippen molar-refractivity contribution in [3.05, 3.63) is 29.8 Å². The van der Waals surface area contributed by atoms with Crippen LogP contribution in [0.15, 0.2) is 24.3 Å². The summed E-state index contributed by atoms with van der Waals surface area (Å²) in [6, 6.07) is 7.43. The molecule has 3 nitrogen and oxygen atoms in total. The van der Waals surface area contributed by atoms with Crippen molar-refractivity contribution in [1.82, 2.24) is 0 Å². The monoisotopic (exact) mass is 263 g/mol. The molecule has 3 heteroatoms. The minimum absolute atomic E-state index is 0.120. The summed E-state index contributed by atoms with van der Waals surface area (Å²) in [5.41, 5.74) is 6.25. The van der Waals surface area contributed by atoms with E-state index in [0.717, 1.165) is 24.2 Å². The van der Waals surface area contributed by atoms with Crippen molar-refractivity contribution < 1.29 is 9.53 Å². The lowest BCUT2D eigenvalue weighted by molar-refractivity contribution is 0.0973. The van der Waals surface area contributed by atoms with Crippen molar-refractivity contribution in [1.29, 1.82) is 0 Å². The molecule has 0 saturated carbocycles. The second-order valence-electron chi connectivity index (χ2n) is 5.34.